The zero-order chi connectivity index (χ0) is 7.02. The second kappa shape index (κ2) is 1.87. The van der Waals surface area contributed by atoms with Crippen molar-refractivity contribution in [2.75, 3.05) is 0 Å². The summed E-state index contributed by atoms with van der Waals surface area (Å²) in [5.41, 5.74) is 1.66. The van der Waals surface area contributed by atoms with Crippen molar-refractivity contribution in [3.8, 4) is 0 Å². The molecule has 0 aliphatic carbocycles. The number of hydrogen-bond acceptors (Lipinski definition) is 0. The molecular weight excluding hydrogens is 117 g/mol. The molecule has 0 atom stereocenters. The highest BCUT2D eigenvalue weighted by Gasteiger charge is 2.02. The largest absolute Gasteiger partial charge is 0.350 e. The van der Waals surface area contributed by atoms with Crippen molar-refractivity contribution in [2.24, 2.45) is 7.05 Å². The molecule has 0 fully saturated rings. The first-order valence-electron chi connectivity index (χ1n) is 2.91. The van der Waals surface area contributed by atoms with E-state index in [1.54, 1.807) is 6.92 Å². The summed E-state index contributed by atoms with van der Waals surface area (Å²) in [5.74, 6) is -0.116. The Balaban J connectivity index is 3.29. The Labute approximate surface area is 54.1 Å². The molecule has 0 amide bonds. The van der Waals surface area contributed by atoms with Gasteiger partial charge in [-0.25, -0.2) is 4.39 Å². The fraction of sp³-hybridized carbons (Fsp3) is 0.429. The summed E-state index contributed by atoms with van der Waals surface area (Å²) < 4.78 is 14.4. The molecular formula is C7H10FN. The maximum absolute atomic E-state index is 12.6. The first kappa shape index (κ1) is 6.33. The van der Waals surface area contributed by atoms with Crippen molar-refractivity contribution in [3.63, 3.8) is 0 Å². The van der Waals surface area contributed by atoms with Crippen molar-refractivity contribution < 1.29 is 4.39 Å². The van der Waals surface area contributed by atoms with Crippen LogP contribution in [0.5, 0.6) is 0 Å². The lowest BCUT2D eigenvalue weighted by Gasteiger charge is -1.96. The molecule has 0 bridgehead atoms. The predicted molar refractivity (Wildman–Crippen MR) is 34.8 cm³/mol. The smallest absolute Gasteiger partial charge is 0.144 e. The number of nitrogens with zero attached hydrogens (tertiary/aromatic N) is 1. The van der Waals surface area contributed by atoms with Crippen molar-refractivity contribution in [1.29, 1.82) is 0 Å². The predicted octanol–water partition coefficient (Wildman–Crippen LogP) is 1.78. The van der Waals surface area contributed by atoms with Gasteiger partial charge in [0, 0.05) is 12.7 Å². The van der Waals surface area contributed by atoms with Crippen LogP contribution in [0.2, 0.25) is 0 Å². The van der Waals surface area contributed by atoms with Gasteiger partial charge in [0.05, 0.1) is 5.69 Å². The molecule has 0 saturated carbocycles. The second-order valence-electron chi connectivity index (χ2n) is 2.28. The lowest BCUT2D eigenvalue weighted by molar-refractivity contribution is 0.611. The maximum Gasteiger partial charge on any atom is 0.144 e. The fourth-order valence-corrected chi connectivity index (χ4v) is 0.809. The number of halogens is 1. The minimum absolute atomic E-state index is 0.116. The van der Waals surface area contributed by atoms with E-state index >= 15 is 0 Å². The highest BCUT2D eigenvalue weighted by atomic mass is 19.1. The summed E-state index contributed by atoms with van der Waals surface area (Å²) in [4.78, 5) is 0. The standard InChI is InChI=1S/C7H10FN/c1-5-4-7(8)6(2)9(5)3/h4H,1-3H3. The SMILES string of the molecule is Cc1cc(F)c(C)n1C. The molecule has 0 radical (unpaired) electrons. The van der Waals surface area contributed by atoms with Crippen molar-refractivity contribution in [2.45, 2.75) is 13.8 Å². The fourth-order valence-electron chi connectivity index (χ4n) is 0.809. The van der Waals surface area contributed by atoms with E-state index in [0.29, 0.717) is 5.69 Å². The van der Waals surface area contributed by atoms with Gasteiger partial charge in [-0.15, -0.1) is 0 Å². The molecule has 50 valence electrons. The van der Waals surface area contributed by atoms with Crippen LogP contribution in [-0.4, -0.2) is 4.57 Å². The number of hydrogen-bond donors (Lipinski definition) is 0. The van der Waals surface area contributed by atoms with Gasteiger partial charge in [0.2, 0.25) is 0 Å². The van der Waals surface area contributed by atoms with Gasteiger partial charge in [-0.3, -0.25) is 0 Å². The van der Waals surface area contributed by atoms with Crippen LogP contribution in [0, 0.1) is 19.7 Å². The third-order valence-electron chi connectivity index (χ3n) is 1.71. The van der Waals surface area contributed by atoms with Gasteiger partial charge < -0.3 is 4.57 Å². The third kappa shape index (κ3) is 0.846. The Morgan fingerprint density at radius 1 is 1.44 bits per heavy atom. The highest BCUT2D eigenvalue weighted by Crippen LogP contribution is 2.09. The van der Waals surface area contributed by atoms with Crippen LogP contribution in [0.4, 0.5) is 4.39 Å². The summed E-state index contributed by atoms with van der Waals surface area (Å²) >= 11 is 0. The molecule has 2 heteroatoms. The first-order chi connectivity index (χ1) is 4.13. The lowest BCUT2D eigenvalue weighted by Crippen LogP contribution is -1.92. The van der Waals surface area contributed by atoms with Gasteiger partial charge in [0.1, 0.15) is 5.82 Å². The van der Waals surface area contributed by atoms with E-state index in [2.05, 4.69) is 0 Å². The Hall–Kier alpha value is -0.790. The molecule has 0 aliphatic rings. The van der Waals surface area contributed by atoms with Crippen LogP contribution < -0.4 is 0 Å². The molecule has 0 spiro atoms. The van der Waals surface area contributed by atoms with E-state index < -0.39 is 0 Å². The maximum atomic E-state index is 12.6. The minimum Gasteiger partial charge on any atom is -0.350 e. The van der Waals surface area contributed by atoms with Gasteiger partial charge >= 0.3 is 0 Å². The van der Waals surface area contributed by atoms with Crippen molar-refractivity contribution in [3.05, 3.63) is 23.3 Å². The van der Waals surface area contributed by atoms with Gasteiger partial charge in [0.25, 0.3) is 0 Å². The molecule has 0 aliphatic heterocycles. The summed E-state index contributed by atoms with van der Waals surface area (Å²) in [6.45, 7) is 3.65. The zero-order valence-corrected chi connectivity index (χ0v) is 5.90. The van der Waals surface area contributed by atoms with E-state index in [0.717, 1.165) is 5.69 Å². The summed E-state index contributed by atoms with van der Waals surface area (Å²) in [6, 6.07) is 1.54. The van der Waals surface area contributed by atoms with Crippen LogP contribution >= 0.6 is 0 Å². The molecule has 1 rings (SSSR count). The third-order valence-corrected chi connectivity index (χ3v) is 1.71. The Morgan fingerprint density at radius 3 is 2.11 bits per heavy atom. The monoisotopic (exact) mass is 127 g/mol. The van der Waals surface area contributed by atoms with Gasteiger partial charge in [0.15, 0.2) is 0 Å². The van der Waals surface area contributed by atoms with Gasteiger partial charge in [-0.2, -0.15) is 0 Å². The lowest BCUT2D eigenvalue weighted by atomic mass is 10.4. The van der Waals surface area contributed by atoms with Crippen LogP contribution in [-0.2, 0) is 7.05 Å². The zero-order valence-electron chi connectivity index (χ0n) is 5.90. The molecule has 0 saturated heterocycles. The van der Waals surface area contributed by atoms with Crippen LogP contribution in [0.1, 0.15) is 11.4 Å². The van der Waals surface area contributed by atoms with E-state index in [-0.39, 0.29) is 5.82 Å². The average Bonchev–Trinajstić information content (AvgIpc) is 1.98. The molecule has 0 N–H and O–H groups in total. The van der Waals surface area contributed by atoms with Crippen LogP contribution in [0.15, 0.2) is 6.07 Å². The first-order valence-corrected chi connectivity index (χ1v) is 2.91. The van der Waals surface area contributed by atoms with Gasteiger partial charge in [-0.1, -0.05) is 0 Å². The molecule has 9 heavy (non-hydrogen) atoms. The molecule has 1 heterocycles. The number of rotatable bonds is 0. The molecule has 1 aromatic heterocycles. The van der Waals surface area contributed by atoms with E-state index in [9.17, 15) is 4.39 Å². The highest BCUT2D eigenvalue weighted by molar-refractivity contribution is 5.15. The van der Waals surface area contributed by atoms with E-state index in [1.807, 2.05) is 18.5 Å². The summed E-state index contributed by atoms with van der Waals surface area (Å²) in [6.07, 6.45) is 0. The number of aryl methyl sites for hydroxylation is 1. The quantitative estimate of drug-likeness (QED) is 0.500. The Morgan fingerprint density at radius 2 is 2.00 bits per heavy atom. The van der Waals surface area contributed by atoms with Crippen LogP contribution in [0.25, 0.3) is 0 Å². The topological polar surface area (TPSA) is 4.93 Å². The Bertz CT molecular complexity index is 203. The molecule has 1 nitrogen and oxygen atoms in total. The van der Waals surface area contributed by atoms with Gasteiger partial charge in [-0.05, 0) is 19.9 Å². The molecule has 1 aromatic rings. The Kier molecular flexibility index (Phi) is 1.31. The second-order valence-corrected chi connectivity index (χ2v) is 2.28. The summed E-state index contributed by atoms with van der Waals surface area (Å²) in [5, 5.41) is 0. The van der Waals surface area contributed by atoms with Crippen molar-refractivity contribution >= 4 is 0 Å². The van der Waals surface area contributed by atoms with E-state index in [1.165, 1.54) is 6.07 Å². The normalized spacial score (nSPS) is 10.2. The van der Waals surface area contributed by atoms with Crippen LogP contribution in [0.3, 0.4) is 0 Å². The molecule has 0 aromatic carbocycles. The summed E-state index contributed by atoms with van der Waals surface area (Å²) in [7, 11) is 1.85. The average molecular weight is 127 g/mol. The van der Waals surface area contributed by atoms with Crippen molar-refractivity contribution in [1.82, 2.24) is 4.57 Å². The molecule has 0 unspecified atom stereocenters. The minimum atomic E-state index is -0.116. The number of aromatic nitrogens is 1. The van der Waals surface area contributed by atoms with E-state index in [4.69, 9.17) is 0 Å².